The fourth-order valence-electron chi connectivity index (χ4n) is 9.91. The lowest BCUT2D eigenvalue weighted by Crippen LogP contribution is -2.71. The van der Waals surface area contributed by atoms with E-state index in [1.54, 1.807) is 6.92 Å². The fraction of sp³-hybridized carbons (Fsp3) is 0.724. The number of esters is 3. The number of methoxy groups -OCH3 is 2. The van der Waals surface area contributed by atoms with E-state index in [0.29, 0.717) is 30.6 Å². The molecule has 1 unspecified atom stereocenters. The molecule has 1 aliphatic heterocycles. The van der Waals surface area contributed by atoms with Gasteiger partial charge in [-0.15, -0.1) is 0 Å². The van der Waals surface area contributed by atoms with Crippen molar-refractivity contribution in [3.8, 4) is 0 Å². The molecule has 1 saturated heterocycles. The molecule has 0 radical (unpaired) electrons. The minimum atomic E-state index is -1.62. The molecule has 5 aliphatic rings. The maximum atomic E-state index is 14.4. The zero-order chi connectivity index (χ0) is 27.5. The van der Waals surface area contributed by atoms with Crippen LogP contribution in [0.1, 0.15) is 67.7 Å². The van der Waals surface area contributed by atoms with Crippen LogP contribution < -0.4 is 0 Å². The Balaban J connectivity index is 1.80. The molecule has 0 spiro atoms. The average Bonchev–Trinajstić information content (AvgIpc) is 3.16. The first-order chi connectivity index (χ1) is 17.1. The number of fused-ring (bicyclic) bond motifs is 3. The fourth-order valence-corrected chi connectivity index (χ4v) is 9.91. The second-order valence-electron chi connectivity index (χ2n) is 12.7. The van der Waals surface area contributed by atoms with Crippen LogP contribution in [0.4, 0.5) is 0 Å². The highest BCUT2D eigenvalue weighted by Crippen LogP contribution is 2.79. The van der Waals surface area contributed by atoms with Gasteiger partial charge in [0.1, 0.15) is 18.0 Å². The van der Waals surface area contributed by atoms with Crippen molar-refractivity contribution in [2.24, 2.45) is 38.9 Å². The number of carbonyl (C=O) groups is 4. The van der Waals surface area contributed by atoms with Gasteiger partial charge in [0.15, 0.2) is 11.2 Å². The Kier molecular flexibility index (Phi) is 5.25. The van der Waals surface area contributed by atoms with Gasteiger partial charge in [0.05, 0.1) is 25.0 Å². The Labute approximate surface area is 218 Å². The van der Waals surface area contributed by atoms with Crippen molar-refractivity contribution in [2.75, 3.05) is 14.2 Å². The Morgan fingerprint density at radius 1 is 1.08 bits per heavy atom. The lowest BCUT2D eigenvalue weighted by Gasteiger charge is -2.66. The minimum absolute atomic E-state index is 0.251. The van der Waals surface area contributed by atoms with Crippen LogP contribution in [0.15, 0.2) is 23.0 Å². The van der Waals surface area contributed by atoms with Gasteiger partial charge in [0, 0.05) is 35.2 Å². The highest BCUT2D eigenvalue weighted by molar-refractivity contribution is 6.17. The van der Waals surface area contributed by atoms with E-state index in [1.807, 2.05) is 34.6 Å². The van der Waals surface area contributed by atoms with Crippen molar-refractivity contribution in [1.29, 1.82) is 0 Å². The summed E-state index contributed by atoms with van der Waals surface area (Å²) < 4.78 is 23.1. The van der Waals surface area contributed by atoms with Crippen LogP contribution in [-0.2, 0) is 38.1 Å². The molecular weight excluding hydrogens is 476 g/mol. The summed E-state index contributed by atoms with van der Waals surface area (Å²) in [6, 6.07) is 0. The smallest absolute Gasteiger partial charge is 0.321 e. The van der Waals surface area contributed by atoms with E-state index in [4.69, 9.17) is 18.9 Å². The summed E-state index contributed by atoms with van der Waals surface area (Å²) in [6.45, 7) is 12.9. The second-order valence-corrected chi connectivity index (χ2v) is 12.7. The highest BCUT2D eigenvalue weighted by Gasteiger charge is 2.85. The number of hydrogen-bond acceptors (Lipinski definition) is 8. The predicted molar refractivity (Wildman–Crippen MR) is 132 cm³/mol. The average molecular weight is 515 g/mol. The van der Waals surface area contributed by atoms with Gasteiger partial charge in [-0.1, -0.05) is 32.4 Å². The van der Waals surface area contributed by atoms with Crippen molar-refractivity contribution in [1.82, 2.24) is 0 Å². The van der Waals surface area contributed by atoms with Crippen molar-refractivity contribution in [3.63, 3.8) is 0 Å². The third-order valence-electron chi connectivity index (χ3n) is 11.2. The number of Topliss-reactive ketones (excluding diaryl/α,β-unsaturated/α-hetero) is 1. The van der Waals surface area contributed by atoms with E-state index in [1.165, 1.54) is 21.1 Å². The molecule has 3 fully saturated rings. The van der Waals surface area contributed by atoms with E-state index >= 15 is 0 Å². The molecule has 2 saturated carbocycles. The molecule has 0 aromatic carbocycles. The molecule has 5 rings (SSSR count). The molecule has 0 aromatic rings. The quantitative estimate of drug-likeness (QED) is 0.242. The molecule has 8 heteroatoms. The van der Waals surface area contributed by atoms with Gasteiger partial charge in [0.25, 0.3) is 0 Å². The summed E-state index contributed by atoms with van der Waals surface area (Å²) in [7, 11) is 2.84. The first-order valence-corrected chi connectivity index (χ1v) is 13.1. The normalized spacial score (nSPS) is 45.3. The highest BCUT2D eigenvalue weighted by atomic mass is 16.6. The van der Waals surface area contributed by atoms with Crippen LogP contribution >= 0.6 is 0 Å². The van der Waals surface area contributed by atoms with Crippen molar-refractivity contribution in [3.05, 3.63) is 23.0 Å². The van der Waals surface area contributed by atoms with Gasteiger partial charge < -0.3 is 18.9 Å². The molecule has 2 bridgehead atoms. The molecule has 0 aromatic heterocycles. The van der Waals surface area contributed by atoms with Gasteiger partial charge in [-0.2, -0.15) is 0 Å². The number of hydrogen-bond donors (Lipinski definition) is 0. The van der Waals surface area contributed by atoms with E-state index < -0.39 is 45.1 Å². The van der Waals surface area contributed by atoms with Crippen LogP contribution in [0.2, 0.25) is 0 Å². The van der Waals surface area contributed by atoms with Crippen LogP contribution in [0.5, 0.6) is 0 Å². The summed E-state index contributed by atoms with van der Waals surface area (Å²) in [5.41, 5.74) is -4.01. The summed E-state index contributed by atoms with van der Waals surface area (Å²) in [6.07, 6.45) is 2.42. The Morgan fingerprint density at radius 3 is 2.30 bits per heavy atom. The van der Waals surface area contributed by atoms with Crippen molar-refractivity contribution < 1.29 is 38.1 Å². The van der Waals surface area contributed by atoms with Crippen LogP contribution in [0.3, 0.4) is 0 Å². The lowest BCUT2D eigenvalue weighted by atomic mass is 9.33. The SMILES string of the molecule is COC(=O)[C@]12C(=O)C(C)=C(OC)[C@@]1(C)C(C)=C[C@@H]1[C@@]34CC[C@@H](OC(C)=O)C(C)(C)[C@@H]3C(C[C@]12C)OC4=O. The molecule has 0 amide bonds. The van der Waals surface area contributed by atoms with Gasteiger partial charge in [-0.25, -0.2) is 0 Å². The molecule has 1 heterocycles. The number of rotatable bonds is 3. The van der Waals surface area contributed by atoms with Crippen molar-refractivity contribution >= 4 is 23.7 Å². The van der Waals surface area contributed by atoms with Crippen LogP contribution in [0, 0.1) is 38.9 Å². The maximum absolute atomic E-state index is 14.4. The maximum Gasteiger partial charge on any atom is 0.321 e. The van der Waals surface area contributed by atoms with Gasteiger partial charge in [-0.3, -0.25) is 19.2 Å². The Hall–Kier alpha value is -2.64. The Bertz CT molecular complexity index is 1190. The molecule has 0 N–H and O–H groups in total. The number of ether oxygens (including phenoxy) is 4. The van der Waals surface area contributed by atoms with E-state index in [-0.39, 0.29) is 29.7 Å². The van der Waals surface area contributed by atoms with Crippen LogP contribution in [-0.4, -0.2) is 50.1 Å². The minimum Gasteiger partial charge on any atom is -0.500 e. The third-order valence-corrected chi connectivity index (χ3v) is 11.2. The molecule has 8 atom stereocenters. The zero-order valence-corrected chi connectivity index (χ0v) is 23.3. The monoisotopic (exact) mass is 514 g/mol. The lowest BCUT2D eigenvalue weighted by molar-refractivity contribution is -0.216. The van der Waals surface area contributed by atoms with E-state index in [9.17, 15) is 19.2 Å². The topological polar surface area (TPSA) is 105 Å². The van der Waals surface area contributed by atoms with Crippen molar-refractivity contribution in [2.45, 2.75) is 79.9 Å². The molecule has 202 valence electrons. The molecule has 8 nitrogen and oxygen atoms in total. The molecule has 37 heavy (non-hydrogen) atoms. The first-order valence-electron chi connectivity index (χ1n) is 13.1. The Morgan fingerprint density at radius 2 is 1.73 bits per heavy atom. The summed E-state index contributed by atoms with van der Waals surface area (Å²) in [5, 5.41) is 0. The number of ketones is 1. The largest absolute Gasteiger partial charge is 0.500 e. The van der Waals surface area contributed by atoms with Gasteiger partial charge in [0.2, 0.25) is 0 Å². The standard InChI is InChI=1S/C29H38O8/c1-14-12-18-26(6,29(24(33)35-9)21(31)15(2)22(34-8)27(14,29)7)13-17-20-25(4,5)19(36-16(3)30)10-11-28(18,20)23(32)37-17/h12,17-20H,10-11,13H2,1-9H3/t17?,18-,19+,20-,26+,27+,28-,29-/m0/s1. The van der Waals surface area contributed by atoms with Gasteiger partial charge >= 0.3 is 17.9 Å². The summed E-state index contributed by atoms with van der Waals surface area (Å²) >= 11 is 0. The van der Waals surface area contributed by atoms with Crippen LogP contribution in [0.25, 0.3) is 0 Å². The second kappa shape index (κ2) is 7.48. The molecule has 4 aliphatic carbocycles. The summed E-state index contributed by atoms with van der Waals surface area (Å²) in [5.74, 6) is -1.81. The van der Waals surface area contributed by atoms with E-state index in [0.717, 1.165) is 5.57 Å². The third kappa shape index (κ3) is 2.51. The zero-order valence-electron chi connectivity index (χ0n) is 23.3. The first kappa shape index (κ1) is 26.0. The predicted octanol–water partition coefficient (Wildman–Crippen LogP) is 3.92. The van der Waals surface area contributed by atoms with Gasteiger partial charge in [-0.05, 0) is 40.0 Å². The molecular formula is C29H38O8. The number of carbonyl (C=O) groups excluding carboxylic acids is 4. The van der Waals surface area contributed by atoms with E-state index in [2.05, 4.69) is 6.08 Å². The summed E-state index contributed by atoms with van der Waals surface area (Å²) in [4.78, 5) is 54.2. The number of allylic oxidation sites excluding steroid dienone is 3.